The van der Waals surface area contributed by atoms with E-state index in [4.69, 9.17) is 18.6 Å². The summed E-state index contributed by atoms with van der Waals surface area (Å²) in [6.07, 6.45) is 2.25. The second-order valence-electron chi connectivity index (χ2n) is 9.62. The normalized spacial score (nSPS) is 10.8. The second-order valence-corrected chi connectivity index (χ2v) is 9.62. The molecule has 8 heteroatoms. The highest BCUT2D eigenvalue weighted by Gasteiger charge is 2.22. The van der Waals surface area contributed by atoms with Crippen molar-refractivity contribution < 1.29 is 28.2 Å². The van der Waals surface area contributed by atoms with Gasteiger partial charge < -0.3 is 28.4 Å². The van der Waals surface area contributed by atoms with Crippen LogP contribution < -0.4 is 9.47 Å². The molecular formula is C32H42N2O6. The zero-order chi connectivity index (χ0) is 28.7. The number of aryl methyl sites for hydroxylation is 2. The molecule has 0 radical (unpaired) electrons. The number of nitrogens with zero attached hydrogens (tertiary/aromatic N) is 2. The zero-order valence-electron chi connectivity index (χ0n) is 24.2. The van der Waals surface area contributed by atoms with Gasteiger partial charge in [0.15, 0.2) is 11.5 Å². The molecule has 0 saturated heterocycles. The van der Waals surface area contributed by atoms with Crippen LogP contribution in [0.2, 0.25) is 0 Å². The molecule has 0 aliphatic rings. The molecule has 2 amide bonds. The van der Waals surface area contributed by atoms with Crippen molar-refractivity contribution in [1.82, 2.24) is 9.80 Å². The molecule has 0 N–H and O–H groups in total. The Morgan fingerprint density at radius 1 is 0.825 bits per heavy atom. The molecule has 40 heavy (non-hydrogen) atoms. The predicted molar refractivity (Wildman–Crippen MR) is 155 cm³/mol. The van der Waals surface area contributed by atoms with E-state index in [0.29, 0.717) is 75.8 Å². The van der Waals surface area contributed by atoms with Crippen molar-refractivity contribution in [3.8, 4) is 11.5 Å². The van der Waals surface area contributed by atoms with Crippen molar-refractivity contribution in [2.24, 2.45) is 0 Å². The lowest BCUT2D eigenvalue weighted by molar-refractivity contribution is -0.141. The van der Waals surface area contributed by atoms with Crippen LogP contribution in [0.1, 0.15) is 42.4 Å². The summed E-state index contributed by atoms with van der Waals surface area (Å²) in [5, 5.41) is 0. The molecule has 1 aromatic heterocycles. The summed E-state index contributed by atoms with van der Waals surface area (Å²) < 4.78 is 22.1. The van der Waals surface area contributed by atoms with Gasteiger partial charge in [0.2, 0.25) is 11.8 Å². The number of methoxy groups -OCH3 is 2. The molecule has 0 atom stereocenters. The maximum Gasteiger partial charge on any atom is 0.242 e. The van der Waals surface area contributed by atoms with Crippen LogP contribution in [0.5, 0.6) is 11.5 Å². The first-order valence-corrected chi connectivity index (χ1v) is 13.9. The van der Waals surface area contributed by atoms with Gasteiger partial charge in [-0.1, -0.05) is 36.4 Å². The molecule has 3 aromatic rings. The molecule has 0 unspecified atom stereocenters. The molecule has 1 heterocycles. The van der Waals surface area contributed by atoms with Crippen molar-refractivity contribution in [3.63, 3.8) is 0 Å². The average Bonchev–Trinajstić information content (AvgIpc) is 3.40. The van der Waals surface area contributed by atoms with Crippen LogP contribution in [-0.2, 0) is 33.7 Å². The fourth-order valence-corrected chi connectivity index (χ4v) is 4.46. The van der Waals surface area contributed by atoms with Crippen molar-refractivity contribution >= 4 is 11.8 Å². The minimum atomic E-state index is -0.126. The van der Waals surface area contributed by atoms with Gasteiger partial charge in [-0.3, -0.25) is 9.59 Å². The first-order chi connectivity index (χ1) is 19.4. The van der Waals surface area contributed by atoms with Gasteiger partial charge in [0.1, 0.15) is 11.5 Å². The summed E-state index contributed by atoms with van der Waals surface area (Å²) in [6, 6.07) is 19.4. The van der Waals surface area contributed by atoms with Gasteiger partial charge in [-0.05, 0) is 68.5 Å². The number of amides is 2. The maximum atomic E-state index is 13.7. The summed E-state index contributed by atoms with van der Waals surface area (Å²) in [7, 11) is 3.20. The van der Waals surface area contributed by atoms with Gasteiger partial charge >= 0.3 is 0 Å². The van der Waals surface area contributed by atoms with Crippen LogP contribution in [0.25, 0.3) is 0 Å². The molecule has 0 spiro atoms. The number of carbonyl (C=O) groups excluding carboxylic acids is 2. The van der Waals surface area contributed by atoms with E-state index in [1.165, 1.54) is 0 Å². The Morgan fingerprint density at radius 2 is 1.60 bits per heavy atom. The molecule has 8 nitrogen and oxygen atoms in total. The Balaban J connectivity index is 1.72. The van der Waals surface area contributed by atoms with E-state index < -0.39 is 0 Å². The van der Waals surface area contributed by atoms with Gasteiger partial charge in [0.25, 0.3) is 0 Å². The van der Waals surface area contributed by atoms with Gasteiger partial charge in [0.05, 0.1) is 27.3 Å². The van der Waals surface area contributed by atoms with E-state index >= 15 is 0 Å². The number of hydrogen-bond donors (Lipinski definition) is 0. The number of hydrogen-bond acceptors (Lipinski definition) is 6. The van der Waals surface area contributed by atoms with Crippen LogP contribution in [0.15, 0.2) is 65.1 Å². The van der Waals surface area contributed by atoms with Gasteiger partial charge in [-0.25, -0.2) is 0 Å². The lowest BCUT2D eigenvalue weighted by Crippen LogP contribution is -2.44. The molecule has 3 rings (SSSR count). The van der Waals surface area contributed by atoms with Crippen LogP contribution in [0, 0.1) is 6.92 Å². The van der Waals surface area contributed by atoms with Crippen LogP contribution in [-0.4, -0.2) is 68.7 Å². The molecule has 216 valence electrons. The topological polar surface area (TPSA) is 81.5 Å². The maximum absolute atomic E-state index is 13.7. The van der Waals surface area contributed by atoms with Crippen LogP contribution in [0.4, 0.5) is 0 Å². The Morgan fingerprint density at radius 3 is 2.27 bits per heavy atom. The third kappa shape index (κ3) is 9.75. The Hall–Kier alpha value is -3.78. The molecule has 0 fully saturated rings. The Bertz CT molecular complexity index is 1190. The van der Waals surface area contributed by atoms with E-state index in [0.717, 1.165) is 16.9 Å². The summed E-state index contributed by atoms with van der Waals surface area (Å²) in [5.74, 6) is 2.62. The minimum absolute atomic E-state index is 0.00533. The highest BCUT2D eigenvalue weighted by atomic mass is 16.5. The van der Waals surface area contributed by atoms with Crippen molar-refractivity contribution in [1.29, 1.82) is 0 Å². The van der Waals surface area contributed by atoms with Gasteiger partial charge in [-0.15, -0.1) is 0 Å². The number of furan rings is 1. The summed E-state index contributed by atoms with van der Waals surface area (Å²) >= 11 is 0. The number of ether oxygens (including phenoxy) is 3. The van der Waals surface area contributed by atoms with Crippen LogP contribution >= 0.6 is 0 Å². The fraction of sp³-hybridized carbons (Fsp3) is 0.438. The lowest BCUT2D eigenvalue weighted by atomic mass is 10.1. The largest absolute Gasteiger partial charge is 0.493 e. The smallest absolute Gasteiger partial charge is 0.242 e. The zero-order valence-corrected chi connectivity index (χ0v) is 24.2. The van der Waals surface area contributed by atoms with Gasteiger partial charge in [0, 0.05) is 32.7 Å². The highest BCUT2D eigenvalue weighted by molar-refractivity contribution is 5.85. The average molecular weight is 551 g/mol. The van der Waals surface area contributed by atoms with Crippen molar-refractivity contribution in [2.45, 2.75) is 46.1 Å². The highest BCUT2D eigenvalue weighted by Crippen LogP contribution is 2.28. The molecule has 2 aromatic carbocycles. The first-order valence-electron chi connectivity index (χ1n) is 13.9. The van der Waals surface area contributed by atoms with Crippen molar-refractivity contribution in [2.75, 3.05) is 47.1 Å². The first kappa shape index (κ1) is 30.8. The Kier molecular flexibility index (Phi) is 12.6. The summed E-state index contributed by atoms with van der Waals surface area (Å²) in [5.41, 5.74) is 2.11. The second kappa shape index (κ2) is 16.4. The van der Waals surface area contributed by atoms with E-state index in [2.05, 4.69) is 0 Å². The molecule has 0 bridgehead atoms. The fourth-order valence-electron chi connectivity index (χ4n) is 4.46. The third-order valence-electron chi connectivity index (χ3n) is 6.68. The monoisotopic (exact) mass is 550 g/mol. The van der Waals surface area contributed by atoms with Crippen LogP contribution in [0.3, 0.4) is 0 Å². The standard InChI is InChI=1S/C32H42N2O6/c1-5-39-21-9-19-33(31(35)17-14-26-10-7-6-8-11-26)24-32(36)34(23-28-15-12-25(2)40-28)20-18-27-13-16-29(37-3)30(22-27)38-4/h6-8,10-13,15-16,22H,5,9,14,17-21,23-24H2,1-4H3. The summed E-state index contributed by atoms with van der Waals surface area (Å²) in [6.45, 7) is 6.23. The molecular weight excluding hydrogens is 508 g/mol. The van der Waals surface area contributed by atoms with E-state index in [1.807, 2.05) is 74.5 Å². The van der Waals surface area contributed by atoms with E-state index in [9.17, 15) is 9.59 Å². The van der Waals surface area contributed by atoms with Gasteiger partial charge in [-0.2, -0.15) is 0 Å². The molecule has 0 saturated carbocycles. The van der Waals surface area contributed by atoms with E-state index in [-0.39, 0.29) is 18.4 Å². The summed E-state index contributed by atoms with van der Waals surface area (Å²) in [4.78, 5) is 30.4. The van der Waals surface area contributed by atoms with E-state index in [1.54, 1.807) is 24.0 Å². The lowest BCUT2D eigenvalue weighted by Gasteiger charge is -2.27. The van der Waals surface area contributed by atoms with Crippen molar-refractivity contribution in [3.05, 3.63) is 83.3 Å². The number of carbonyl (C=O) groups is 2. The number of benzene rings is 2. The third-order valence-corrected chi connectivity index (χ3v) is 6.68. The molecule has 0 aliphatic heterocycles. The number of rotatable bonds is 17. The minimum Gasteiger partial charge on any atom is -0.493 e. The molecule has 0 aliphatic carbocycles. The quantitative estimate of drug-likeness (QED) is 0.219. The predicted octanol–water partition coefficient (Wildman–Crippen LogP) is 5.06. The SMILES string of the molecule is CCOCCCN(CC(=O)N(CCc1ccc(OC)c(OC)c1)Cc1ccc(C)o1)C(=O)CCc1ccccc1. The Labute approximate surface area is 237 Å².